The number of carbonyl (C=O) groups is 2. The number of fused-ring (bicyclic) bond motifs is 1. The zero-order valence-corrected chi connectivity index (χ0v) is 9.52. The first-order valence-electron chi connectivity index (χ1n) is 6.16. The van der Waals surface area contributed by atoms with Crippen molar-refractivity contribution in [3.63, 3.8) is 0 Å². The second kappa shape index (κ2) is 4.85. The lowest BCUT2D eigenvalue weighted by molar-refractivity contribution is -0.140. The SMILES string of the molecule is O=C(O)CCC(=O)N1CC2CCCCC2C1. The van der Waals surface area contributed by atoms with Crippen molar-refractivity contribution >= 4 is 11.9 Å². The van der Waals surface area contributed by atoms with Crippen molar-refractivity contribution in [1.82, 2.24) is 4.90 Å². The highest BCUT2D eigenvalue weighted by atomic mass is 16.4. The predicted molar refractivity (Wildman–Crippen MR) is 58.9 cm³/mol. The van der Waals surface area contributed by atoms with Gasteiger partial charge in [-0.3, -0.25) is 9.59 Å². The van der Waals surface area contributed by atoms with Crippen molar-refractivity contribution in [2.45, 2.75) is 38.5 Å². The molecule has 1 saturated carbocycles. The molecular formula is C12H19NO3. The average Bonchev–Trinajstić information content (AvgIpc) is 2.69. The van der Waals surface area contributed by atoms with Crippen molar-refractivity contribution in [2.75, 3.05) is 13.1 Å². The summed E-state index contributed by atoms with van der Waals surface area (Å²) in [5.41, 5.74) is 0. The monoisotopic (exact) mass is 225 g/mol. The van der Waals surface area contributed by atoms with Crippen LogP contribution in [0.15, 0.2) is 0 Å². The van der Waals surface area contributed by atoms with Gasteiger partial charge in [0.05, 0.1) is 6.42 Å². The van der Waals surface area contributed by atoms with Crippen molar-refractivity contribution in [3.05, 3.63) is 0 Å². The van der Waals surface area contributed by atoms with E-state index in [2.05, 4.69) is 0 Å². The fourth-order valence-corrected chi connectivity index (χ4v) is 2.98. The first-order chi connectivity index (χ1) is 7.66. The Hall–Kier alpha value is -1.06. The zero-order valence-electron chi connectivity index (χ0n) is 9.52. The lowest BCUT2D eigenvalue weighted by Crippen LogP contribution is -2.29. The second-order valence-electron chi connectivity index (χ2n) is 5.00. The summed E-state index contributed by atoms with van der Waals surface area (Å²) in [5.74, 6) is 0.506. The molecule has 0 spiro atoms. The third kappa shape index (κ3) is 2.54. The lowest BCUT2D eigenvalue weighted by Gasteiger charge is -2.22. The van der Waals surface area contributed by atoms with Crippen LogP contribution in [-0.4, -0.2) is 35.0 Å². The molecule has 1 heterocycles. The van der Waals surface area contributed by atoms with Crippen molar-refractivity contribution in [1.29, 1.82) is 0 Å². The number of amides is 1. The van der Waals surface area contributed by atoms with Crippen molar-refractivity contribution < 1.29 is 14.7 Å². The fourth-order valence-electron chi connectivity index (χ4n) is 2.98. The summed E-state index contributed by atoms with van der Waals surface area (Å²) in [4.78, 5) is 24.0. The van der Waals surface area contributed by atoms with Crippen LogP contribution in [0.2, 0.25) is 0 Å². The van der Waals surface area contributed by atoms with Crippen LogP contribution >= 0.6 is 0 Å². The van der Waals surface area contributed by atoms with Crippen LogP contribution < -0.4 is 0 Å². The Kier molecular flexibility index (Phi) is 3.46. The van der Waals surface area contributed by atoms with E-state index in [0.29, 0.717) is 11.8 Å². The number of hydrogen-bond acceptors (Lipinski definition) is 2. The second-order valence-corrected chi connectivity index (χ2v) is 5.00. The third-order valence-corrected chi connectivity index (χ3v) is 3.88. The Morgan fingerprint density at radius 2 is 1.62 bits per heavy atom. The maximum Gasteiger partial charge on any atom is 0.303 e. The van der Waals surface area contributed by atoms with E-state index in [1.54, 1.807) is 0 Å². The number of likely N-dealkylation sites (tertiary alicyclic amines) is 1. The summed E-state index contributed by atoms with van der Waals surface area (Å²) in [6, 6.07) is 0. The van der Waals surface area contributed by atoms with Gasteiger partial charge in [0.25, 0.3) is 0 Å². The van der Waals surface area contributed by atoms with E-state index < -0.39 is 5.97 Å². The number of carbonyl (C=O) groups excluding carboxylic acids is 1. The molecule has 90 valence electrons. The molecule has 2 rings (SSSR count). The number of carboxylic acids is 1. The predicted octanol–water partition coefficient (Wildman–Crippen LogP) is 1.50. The molecule has 4 heteroatoms. The molecular weight excluding hydrogens is 206 g/mol. The van der Waals surface area contributed by atoms with Crippen LogP contribution in [0.4, 0.5) is 0 Å². The molecule has 0 aromatic heterocycles. The fraction of sp³-hybridized carbons (Fsp3) is 0.833. The van der Waals surface area contributed by atoms with E-state index >= 15 is 0 Å². The van der Waals surface area contributed by atoms with Gasteiger partial charge in [-0.25, -0.2) is 0 Å². The Morgan fingerprint density at radius 1 is 1.06 bits per heavy atom. The van der Waals surface area contributed by atoms with Gasteiger partial charge >= 0.3 is 5.97 Å². The first-order valence-corrected chi connectivity index (χ1v) is 6.16. The van der Waals surface area contributed by atoms with Gasteiger partial charge in [-0.2, -0.15) is 0 Å². The molecule has 0 aromatic rings. The summed E-state index contributed by atoms with van der Waals surface area (Å²) < 4.78 is 0. The van der Waals surface area contributed by atoms with Gasteiger partial charge in [0.15, 0.2) is 0 Å². The van der Waals surface area contributed by atoms with E-state index in [1.807, 2.05) is 4.90 Å². The summed E-state index contributed by atoms with van der Waals surface area (Å²) in [7, 11) is 0. The standard InChI is InChI=1S/C12H19NO3/c14-11(5-6-12(15)16)13-7-9-3-1-2-4-10(9)8-13/h9-10H,1-8H2,(H,15,16). The molecule has 1 N–H and O–H groups in total. The van der Waals surface area contributed by atoms with E-state index in [0.717, 1.165) is 13.1 Å². The summed E-state index contributed by atoms with van der Waals surface area (Å²) >= 11 is 0. The van der Waals surface area contributed by atoms with Crippen LogP contribution in [0.5, 0.6) is 0 Å². The van der Waals surface area contributed by atoms with Gasteiger partial charge < -0.3 is 10.0 Å². The highest BCUT2D eigenvalue weighted by molar-refractivity contribution is 5.80. The average molecular weight is 225 g/mol. The third-order valence-electron chi connectivity index (χ3n) is 3.88. The first kappa shape index (κ1) is 11.4. The van der Waals surface area contributed by atoms with E-state index in [1.165, 1.54) is 25.7 Å². The zero-order chi connectivity index (χ0) is 11.5. The van der Waals surface area contributed by atoms with E-state index in [4.69, 9.17) is 5.11 Å². The minimum absolute atomic E-state index is 0.0248. The number of hydrogen-bond donors (Lipinski definition) is 1. The Bertz CT molecular complexity index is 276. The maximum absolute atomic E-state index is 11.8. The van der Waals surface area contributed by atoms with Crippen molar-refractivity contribution in [2.24, 2.45) is 11.8 Å². The largest absolute Gasteiger partial charge is 0.481 e. The molecule has 1 aliphatic carbocycles. The molecule has 16 heavy (non-hydrogen) atoms. The van der Waals surface area contributed by atoms with Crippen LogP contribution in [-0.2, 0) is 9.59 Å². The minimum atomic E-state index is -0.884. The number of carboxylic acid groups (broad SMARTS) is 1. The number of aliphatic carboxylic acids is 1. The lowest BCUT2D eigenvalue weighted by atomic mass is 9.82. The van der Waals surface area contributed by atoms with Crippen molar-refractivity contribution in [3.8, 4) is 0 Å². The molecule has 1 amide bonds. The summed E-state index contributed by atoms with van der Waals surface area (Å²) in [5, 5.41) is 8.54. The van der Waals surface area contributed by atoms with Gasteiger partial charge in [0.1, 0.15) is 0 Å². The molecule has 4 nitrogen and oxygen atoms in total. The maximum atomic E-state index is 11.8. The number of nitrogens with zero attached hydrogens (tertiary/aromatic N) is 1. The van der Waals surface area contributed by atoms with Gasteiger partial charge in [-0.15, -0.1) is 0 Å². The van der Waals surface area contributed by atoms with Crippen LogP contribution in [0.3, 0.4) is 0 Å². The Morgan fingerprint density at radius 3 is 2.12 bits per heavy atom. The molecule has 2 fully saturated rings. The molecule has 0 radical (unpaired) electrons. The Balaban J connectivity index is 1.82. The molecule has 2 aliphatic rings. The highest BCUT2D eigenvalue weighted by Gasteiger charge is 2.36. The molecule has 0 aromatic carbocycles. The molecule has 0 bridgehead atoms. The minimum Gasteiger partial charge on any atom is -0.481 e. The molecule has 1 aliphatic heterocycles. The number of rotatable bonds is 3. The quantitative estimate of drug-likeness (QED) is 0.791. The molecule has 2 atom stereocenters. The molecule has 2 unspecified atom stereocenters. The topological polar surface area (TPSA) is 57.6 Å². The molecule has 1 saturated heterocycles. The van der Waals surface area contributed by atoms with Gasteiger partial charge in [-0.05, 0) is 24.7 Å². The van der Waals surface area contributed by atoms with E-state index in [9.17, 15) is 9.59 Å². The highest BCUT2D eigenvalue weighted by Crippen LogP contribution is 2.36. The van der Waals surface area contributed by atoms with Crippen LogP contribution in [0, 0.1) is 11.8 Å². The summed E-state index contributed by atoms with van der Waals surface area (Å²) in [6.07, 6.45) is 5.19. The Labute approximate surface area is 95.6 Å². The van der Waals surface area contributed by atoms with Gasteiger partial charge in [0.2, 0.25) is 5.91 Å². The van der Waals surface area contributed by atoms with Gasteiger partial charge in [0, 0.05) is 19.5 Å². The normalized spacial score (nSPS) is 28.9. The summed E-state index contributed by atoms with van der Waals surface area (Å²) in [6.45, 7) is 1.73. The van der Waals surface area contributed by atoms with Gasteiger partial charge in [-0.1, -0.05) is 12.8 Å². The smallest absolute Gasteiger partial charge is 0.303 e. The van der Waals surface area contributed by atoms with Crippen LogP contribution in [0.1, 0.15) is 38.5 Å². The van der Waals surface area contributed by atoms with E-state index in [-0.39, 0.29) is 18.7 Å². The van der Waals surface area contributed by atoms with Crippen LogP contribution in [0.25, 0.3) is 0 Å².